The van der Waals surface area contributed by atoms with Crippen LogP contribution < -0.4 is 5.32 Å². The van der Waals surface area contributed by atoms with Crippen molar-refractivity contribution in [3.8, 4) is 0 Å². The van der Waals surface area contributed by atoms with E-state index in [0.29, 0.717) is 29.1 Å². The Morgan fingerprint density at radius 3 is 2.53 bits per heavy atom. The number of nitrogens with zero attached hydrogens (tertiary/aromatic N) is 2. The van der Waals surface area contributed by atoms with Crippen molar-refractivity contribution in [2.45, 2.75) is 57.5 Å². The molecule has 1 unspecified atom stereocenters. The van der Waals surface area contributed by atoms with Gasteiger partial charge in [-0.05, 0) is 49.3 Å². The molecular formula is C28H34ClN3O2. The Labute approximate surface area is 207 Å². The highest BCUT2D eigenvalue weighted by molar-refractivity contribution is 6.34. The van der Waals surface area contributed by atoms with E-state index in [2.05, 4.69) is 34.2 Å². The molecule has 2 saturated carbocycles. The second-order valence-corrected chi connectivity index (χ2v) is 10.6. The van der Waals surface area contributed by atoms with Gasteiger partial charge in [0.25, 0.3) is 0 Å². The van der Waals surface area contributed by atoms with Crippen molar-refractivity contribution in [3.05, 3.63) is 64.7 Å². The van der Waals surface area contributed by atoms with Crippen molar-refractivity contribution >= 4 is 29.1 Å². The van der Waals surface area contributed by atoms with E-state index in [4.69, 9.17) is 11.6 Å². The third-order valence-electron chi connectivity index (χ3n) is 7.78. The molecule has 0 aromatic heterocycles. The summed E-state index contributed by atoms with van der Waals surface area (Å²) in [6.07, 6.45) is 5.35. The molecule has 5 nitrogen and oxygen atoms in total. The monoisotopic (exact) mass is 479 g/mol. The smallest absolute Gasteiger partial charge is 0.228 e. The number of anilines is 1. The number of amides is 2. The molecule has 1 saturated heterocycles. The Morgan fingerprint density at radius 1 is 1.03 bits per heavy atom. The van der Waals surface area contributed by atoms with Crippen molar-refractivity contribution in [2.24, 2.45) is 11.8 Å². The van der Waals surface area contributed by atoms with E-state index < -0.39 is 0 Å². The van der Waals surface area contributed by atoms with Gasteiger partial charge in [0.05, 0.1) is 10.7 Å². The van der Waals surface area contributed by atoms with Crippen LogP contribution in [0.25, 0.3) is 0 Å². The molecule has 0 bridgehead atoms. The SMILES string of the molecule is CC1CN(Cc2cccc(NC(=O)[C@H]3C[C@@H]3c3ccccc3)c2Cl)CCN1C(=O)C1CCCC1. The molecule has 3 atom stereocenters. The third kappa shape index (κ3) is 5.01. The zero-order valence-electron chi connectivity index (χ0n) is 19.9. The molecular weight excluding hydrogens is 446 g/mol. The highest BCUT2D eigenvalue weighted by Gasteiger charge is 2.44. The number of halogens is 1. The highest BCUT2D eigenvalue weighted by atomic mass is 35.5. The normalized spacial score (nSPS) is 25.4. The number of nitrogens with one attached hydrogen (secondary N) is 1. The number of rotatable bonds is 6. The molecule has 5 rings (SSSR count). The fourth-order valence-electron chi connectivity index (χ4n) is 5.73. The Morgan fingerprint density at radius 2 is 1.79 bits per heavy atom. The first-order valence-corrected chi connectivity index (χ1v) is 13.0. The van der Waals surface area contributed by atoms with Crippen molar-refractivity contribution in [3.63, 3.8) is 0 Å². The Bertz CT molecular complexity index is 1040. The Kier molecular flexibility index (Phi) is 6.94. The summed E-state index contributed by atoms with van der Waals surface area (Å²) in [5.41, 5.74) is 2.92. The number of hydrogen-bond donors (Lipinski definition) is 1. The fraction of sp³-hybridized carbons (Fsp3) is 0.500. The lowest BCUT2D eigenvalue weighted by molar-refractivity contribution is -0.140. The molecule has 2 aliphatic carbocycles. The van der Waals surface area contributed by atoms with Crippen molar-refractivity contribution < 1.29 is 9.59 Å². The van der Waals surface area contributed by atoms with E-state index in [1.54, 1.807) is 0 Å². The minimum absolute atomic E-state index is 0.00783. The molecule has 180 valence electrons. The maximum absolute atomic E-state index is 12.9. The summed E-state index contributed by atoms with van der Waals surface area (Å²) in [4.78, 5) is 30.2. The number of piperazine rings is 1. The lowest BCUT2D eigenvalue weighted by Crippen LogP contribution is -2.54. The van der Waals surface area contributed by atoms with Crippen molar-refractivity contribution in [2.75, 3.05) is 25.0 Å². The van der Waals surface area contributed by atoms with Crippen LogP contribution >= 0.6 is 11.6 Å². The van der Waals surface area contributed by atoms with Crippen LogP contribution in [0, 0.1) is 11.8 Å². The minimum Gasteiger partial charge on any atom is -0.337 e. The van der Waals surface area contributed by atoms with Gasteiger partial charge in [-0.2, -0.15) is 0 Å². The number of carbonyl (C=O) groups is 2. The van der Waals surface area contributed by atoms with Crippen molar-refractivity contribution in [1.82, 2.24) is 9.80 Å². The largest absolute Gasteiger partial charge is 0.337 e. The van der Waals surface area contributed by atoms with Crippen LogP contribution in [0.5, 0.6) is 0 Å². The zero-order chi connectivity index (χ0) is 23.7. The Balaban J connectivity index is 1.17. The van der Waals surface area contributed by atoms with E-state index in [1.807, 2.05) is 36.4 Å². The maximum Gasteiger partial charge on any atom is 0.228 e. The fourth-order valence-corrected chi connectivity index (χ4v) is 5.96. The quantitative estimate of drug-likeness (QED) is 0.611. The highest BCUT2D eigenvalue weighted by Crippen LogP contribution is 2.48. The van der Waals surface area contributed by atoms with Crippen LogP contribution in [0.15, 0.2) is 48.5 Å². The summed E-state index contributed by atoms with van der Waals surface area (Å²) in [5, 5.41) is 3.68. The third-order valence-corrected chi connectivity index (χ3v) is 8.23. The lowest BCUT2D eigenvalue weighted by atomic mass is 10.0. The van der Waals surface area contributed by atoms with Gasteiger partial charge in [-0.15, -0.1) is 0 Å². The van der Waals surface area contributed by atoms with Crippen LogP contribution in [-0.2, 0) is 16.1 Å². The first kappa shape index (κ1) is 23.4. The summed E-state index contributed by atoms with van der Waals surface area (Å²) in [5.74, 6) is 0.930. The average Bonchev–Trinajstić information content (AvgIpc) is 3.46. The molecule has 1 N–H and O–H groups in total. The predicted octanol–water partition coefficient (Wildman–Crippen LogP) is 5.31. The van der Waals surface area contributed by atoms with Gasteiger partial charge in [0.1, 0.15) is 0 Å². The summed E-state index contributed by atoms with van der Waals surface area (Å²) in [6, 6.07) is 16.3. The zero-order valence-corrected chi connectivity index (χ0v) is 20.6. The number of carbonyl (C=O) groups excluding carboxylic acids is 2. The molecule has 0 radical (unpaired) electrons. The number of hydrogen-bond acceptors (Lipinski definition) is 3. The van der Waals surface area contributed by atoms with Crippen LogP contribution in [0.3, 0.4) is 0 Å². The van der Waals surface area contributed by atoms with Gasteiger partial charge in [0.15, 0.2) is 0 Å². The standard InChI is InChI=1S/C28H34ClN3O2/c1-19-17-31(14-15-32(19)28(34)21-10-5-6-11-21)18-22-12-7-13-25(26(22)29)30-27(33)24-16-23(24)20-8-3-2-4-9-20/h2-4,7-9,12-13,19,21,23-24H,5-6,10-11,14-18H2,1H3,(H,30,33)/t19?,23-,24+/m1/s1. The van der Waals surface area contributed by atoms with E-state index >= 15 is 0 Å². The van der Waals surface area contributed by atoms with Gasteiger partial charge >= 0.3 is 0 Å². The second kappa shape index (κ2) is 10.1. The van der Waals surface area contributed by atoms with Crippen LogP contribution in [0.4, 0.5) is 5.69 Å². The average molecular weight is 480 g/mol. The summed E-state index contributed by atoms with van der Waals surface area (Å²) < 4.78 is 0. The molecule has 6 heteroatoms. The van der Waals surface area contributed by atoms with Crippen LogP contribution in [-0.4, -0.2) is 47.3 Å². The summed E-state index contributed by atoms with van der Waals surface area (Å²) in [6.45, 7) is 5.32. The first-order chi connectivity index (χ1) is 16.5. The van der Waals surface area contributed by atoms with Crippen LogP contribution in [0.1, 0.15) is 56.1 Å². The van der Waals surface area contributed by atoms with Gasteiger partial charge in [0.2, 0.25) is 11.8 Å². The van der Waals surface area contributed by atoms with Crippen LogP contribution in [0.2, 0.25) is 5.02 Å². The molecule has 2 amide bonds. The van der Waals surface area contributed by atoms with E-state index in [1.165, 1.54) is 18.4 Å². The predicted molar refractivity (Wildman–Crippen MR) is 136 cm³/mol. The topological polar surface area (TPSA) is 52.7 Å². The summed E-state index contributed by atoms with van der Waals surface area (Å²) >= 11 is 6.75. The maximum atomic E-state index is 12.9. The van der Waals surface area contributed by atoms with Crippen molar-refractivity contribution in [1.29, 1.82) is 0 Å². The molecule has 2 aromatic rings. The van der Waals surface area contributed by atoms with Gasteiger partial charge in [-0.1, -0.05) is 66.9 Å². The molecule has 3 aliphatic rings. The molecule has 3 fully saturated rings. The Hall–Kier alpha value is -2.37. The van der Waals surface area contributed by atoms with Gasteiger partial charge < -0.3 is 10.2 Å². The van der Waals surface area contributed by atoms with E-state index in [-0.39, 0.29) is 23.8 Å². The molecule has 34 heavy (non-hydrogen) atoms. The van der Waals surface area contributed by atoms with Gasteiger partial charge in [-0.25, -0.2) is 0 Å². The number of benzene rings is 2. The molecule has 0 spiro atoms. The van der Waals surface area contributed by atoms with Gasteiger partial charge in [-0.3, -0.25) is 14.5 Å². The minimum atomic E-state index is 0.00783. The molecule has 1 aliphatic heterocycles. The van der Waals surface area contributed by atoms with E-state index in [0.717, 1.165) is 44.5 Å². The van der Waals surface area contributed by atoms with Gasteiger partial charge in [0, 0.05) is 44.1 Å². The first-order valence-electron chi connectivity index (χ1n) is 12.7. The van der Waals surface area contributed by atoms with E-state index in [9.17, 15) is 9.59 Å². The molecule has 2 aromatic carbocycles. The second-order valence-electron chi connectivity index (χ2n) is 10.2. The molecule has 1 heterocycles. The summed E-state index contributed by atoms with van der Waals surface area (Å²) in [7, 11) is 0. The lowest BCUT2D eigenvalue weighted by Gasteiger charge is -2.41.